The molecular weight excluding hydrogens is 264 g/mol. The van der Waals surface area contributed by atoms with Gasteiger partial charge in [0.1, 0.15) is 12.1 Å². The van der Waals surface area contributed by atoms with Crippen LogP contribution < -0.4 is 11.2 Å². The first-order valence-electron chi connectivity index (χ1n) is 6.13. The Morgan fingerprint density at radius 3 is 2.35 bits per heavy atom. The molecule has 0 saturated carbocycles. The lowest BCUT2D eigenvalue weighted by Crippen LogP contribution is -2.39. The van der Waals surface area contributed by atoms with Crippen LogP contribution in [-0.2, 0) is 21.0 Å². The van der Waals surface area contributed by atoms with Gasteiger partial charge < -0.3 is 15.9 Å². The minimum Gasteiger partial charge on any atom is -0.480 e. The predicted molar refractivity (Wildman–Crippen MR) is 70.6 cm³/mol. The first-order chi connectivity index (χ1) is 9.50. The summed E-state index contributed by atoms with van der Waals surface area (Å²) in [6.45, 7) is 0.218. The number of hydrogen-bond donors (Lipinski definition) is 4. The number of carboxylic acids is 2. The third-order valence-corrected chi connectivity index (χ3v) is 2.69. The van der Waals surface area contributed by atoms with Crippen molar-refractivity contribution in [3.63, 3.8) is 0 Å². The Morgan fingerprint density at radius 1 is 1.15 bits per heavy atom. The van der Waals surface area contributed by atoms with Crippen LogP contribution in [0.3, 0.4) is 0 Å². The first-order valence-corrected chi connectivity index (χ1v) is 6.13. The van der Waals surface area contributed by atoms with E-state index in [-0.39, 0.29) is 19.4 Å². The number of carboxylic acid groups (broad SMARTS) is 2. The number of nitrogens with two attached hydrogens (primary N) is 1. The average molecular weight is 282 g/mol. The summed E-state index contributed by atoms with van der Waals surface area (Å²) in [4.78, 5) is 26.7. The highest BCUT2D eigenvalue weighted by molar-refractivity contribution is 5.74. The highest BCUT2D eigenvalue weighted by Gasteiger charge is 2.20. The molecule has 0 radical (unpaired) electrons. The van der Waals surface area contributed by atoms with Gasteiger partial charge in [-0.05, 0) is 18.4 Å². The van der Waals surface area contributed by atoms with Gasteiger partial charge in [-0.3, -0.25) is 14.4 Å². The monoisotopic (exact) mass is 282 g/mol. The van der Waals surface area contributed by atoms with E-state index < -0.39 is 24.0 Å². The first kappa shape index (κ1) is 16.1. The summed E-state index contributed by atoms with van der Waals surface area (Å²) in [5, 5.41) is 17.6. The molecule has 7 heteroatoms. The lowest BCUT2D eigenvalue weighted by atomic mass is 10.1. The Hall–Kier alpha value is -1.96. The van der Waals surface area contributed by atoms with E-state index >= 15 is 0 Å². The van der Waals surface area contributed by atoms with E-state index in [0.717, 1.165) is 5.56 Å². The number of nitrogens with one attached hydrogen (secondary N) is 1. The Balaban J connectivity index is 2.36. The SMILES string of the molecule is NC(CC[C@H](NOCc1ccccc1)C(=O)O)C(=O)O. The smallest absolute Gasteiger partial charge is 0.323 e. The quantitative estimate of drug-likeness (QED) is 0.482. The summed E-state index contributed by atoms with van der Waals surface area (Å²) in [6.07, 6.45) is 0.117. The fraction of sp³-hybridized carbons (Fsp3) is 0.385. The van der Waals surface area contributed by atoms with Crippen molar-refractivity contribution in [1.29, 1.82) is 0 Å². The standard InChI is InChI=1S/C13H18N2O5/c14-10(12(16)17)6-7-11(13(18)19)15-20-8-9-4-2-1-3-5-9/h1-5,10-11,15H,6-8,14H2,(H,16,17)(H,18,19)/t10?,11-/m0/s1. The van der Waals surface area contributed by atoms with Crippen LogP contribution in [0, 0.1) is 0 Å². The van der Waals surface area contributed by atoms with Crippen molar-refractivity contribution < 1.29 is 24.6 Å². The van der Waals surface area contributed by atoms with Crippen molar-refractivity contribution in [2.45, 2.75) is 31.5 Å². The highest BCUT2D eigenvalue weighted by atomic mass is 16.6. The van der Waals surface area contributed by atoms with Crippen molar-refractivity contribution >= 4 is 11.9 Å². The predicted octanol–water partition coefficient (Wildman–Crippen LogP) is 0.353. The van der Waals surface area contributed by atoms with Gasteiger partial charge in [0.15, 0.2) is 0 Å². The number of hydrogen-bond acceptors (Lipinski definition) is 5. The second-order valence-corrected chi connectivity index (χ2v) is 4.31. The third-order valence-electron chi connectivity index (χ3n) is 2.69. The van der Waals surface area contributed by atoms with Crippen LogP contribution in [0.4, 0.5) is 0 Å². The molecular formula is C13H18N2O5. The van der Waals surface area contributed by atoms with Crippen LogP contribution in [0.1, 0.15) is 18.4 Å². The normalized spacial score (nSPS) is 13.7. The van der Waals surface area contributed by atoms with Gasteiger partial charge in [0.05, 0.1) is 6.61 Å². The molecule has 0 fully saturated rings. The second kappa shape index (κ2) is 8.26. The lowest BCUT2D eigenvalue weighted by molar-refractivity contribution is -0.146. The van der Waals surface area contributed by atoms with Crippen LogP contribution in [0.15, 0.2) is 30.3 Å². The van der Waals surface area contributed by atoms with E-state index in [0.29, 0.717) is 0 Å². The molecule has 0 bridgehead atoms. The van der Waals surface area contributed by atoms with E-state index in [1.807, 2.05) is 30.3 Å². The molecule has 1 rings (SSSR count). The molecule has 0 aliphatic carbocycles. The molecule has 1 aromatic rings. The van der Waals surface area contributed by atoms with Gasteiger partial charge in [0.2, 0.25) is 0 Å². The zero-order valence-electron chi connectivity index (χ0n) is 10.9. The summed E-state index contributed by atoms with van der Waals surface area (Å²) >= 11 is 0. The van der Waals surface area contributed by atoms with Gasteiger partial charge >= 0.3 is 11.9 Å². The minimum atomic E-state index is -1.15. The highest BCUT2D eigenvalue weighted by Crippen LogP contribution is 2.04. The molecule has 2 atom stereocenters. The fourth-order valence-corrected chi connectivity index (χ4v) is 1.50. The van der Waals surface area contributed by atoms with Crippen molar-refractivity contribution in [3.8, 4) is 0 Å². The summed E-state index contributed by atoms with van der Waals surface area (Å²) < 4.78 is 0. The number of aliphatic carboxylic acids is 2. The number of carbonyl (C=O) groups is 2. The van der Waals surface area contributed by atoms with Gasteiger partial charge in [-0.1, -0.05) is 30.3 Å². The molecule has 0 aromatic heterocycles. The van der Waals surface area contributed by atoms with E-state index in [4.69, 9.17) is 20.8 Å². The zero-order chi connectivity index (χ0) is 15.0. The molecule has 1 aromatic carbocycles. The molecule has 0 spiro atoms. The van der Waals surface area contributed by atoms with Crippen LogP contribution in [0.2, 0.25) is 0 Å². The maximum absolute atomic E-state index is 11.0. The summed E-state index contributed by atoms with van der Waals surface area (Å²) in [7, 11) is 0. The van der Waals surface area contributed by atoms with Gasteiger partial charge in [0, 0.05) is 0 Å². The maximum Gasteiger partial charge on any atom is 0.323 e. The number of rotatable bonds is 9. The summed E-state index contributed by atoms with van der Waals surface area (Å²) in [5.74, 6) is -2.27. The van der Waals surface area contributed by atoms with E-state index in [1.54, 1.807) is 0 Å². The largest absolute Gasteiger partial charge is 0.480 e. The van der Waals surface area contributed by atoms with Crippen molar-refractivity contribution in [2.24, 2.45) is 5.73 Å². The molecule has 20 heavy (non-hydrogen) atoms. The van der Waals surface area contributed by atoms with E-state index in [1.165, 1.54) is 0 Å². The van der Waals surface area contributed by atoms with Gasteiger partial charge in [-0.2, -0.15) is 5.48 Å². The molecule has 1 unspecified atom stereocenters. The average Bonchev–Trinajstić information content (AvgIpc) is 2.42. The van der Waals surface area contributed by atoms with Crippen molar-refractivity contribution in [1.82, 2.24) is 5.48 Å². The van der Waals surface area contributed by atoms with Crippen LogP contribution in [-0.4, -0.2) is 34.2 Å². The van der Waals surface area contributed by atoms with E-state index in [2.05, 4.69) is 5.48 Å². The molecule has 5 N–H and O–H groups in total. The second-order valence-electron chi connectivity index (χ2n) is 4.31. The molecule has 110 valence electrons. The third kappa shape index (κ3) is 5.79. The summed E-state index contributed by atoms with van der Waals surface area (Å²) in [6, 6.07) is 7.18. The van der Waals surface area contributed by atoms with Crippen LogP contribution in [0.5, 0.6) is 0 Å². The van der Waals surface area contributed by atoms with Gasteiger partial charge in [0.25, 0.3) is 0 Å². The topological polar surface area (TPSA) is 122 Å². The van der Waals surface area contributed by atoms with Crippen molar-refractivity contribution in [2.75, 3.05) is 0 Å². The minimum absolute atomic E-state index is 0.0496. The number of benzene rings is 1. The molecule has 0 aliphatic rings. The Bertz CT molecular complexity index is 438. The Kier molecular flexibility index (Phi) is 6.65. The fourth-order valence-electron chi connectivity index (χ4n) is 1.50. The summed E-state index contributed by atoms with van der Waals surface area (Å²) in [5.41, 5.74) is 8.63. The lowest BCUT2D eigenvalue weighted by Gasteiger charge is -2.15. The Morgan fingerprint density at radius 2 is 1.80 bits per heavy atom. The molecule has 7 nitrogen and oxygen atoms in total. The Labute approximate surface area is 116 Å². The molecule has 0 saturated heterocycles. The molecule has 0 heterocycles. The molecule has 0 aliphatic heterocycles. The van der Waals surface area contributed by atoms with Gasteiger partial charge in [-0.25, -0.2) is 0 Å². The van der Waals surface area contributed by atoms with Crippen LogP contribution >= 0.6 is 0 Å². The number of hydroxylamine groups is 1. The van der Waals surface area contributed by atoms with Crippen LogP contribution in [0.25, 0.3) is 0 Å². The van der Waals surface area contributed by atoms with Gasteiger partial charge in [-0.15, -0.1) is 0 Å². The van der Waals surface area contributed by atoms with E-state index in [9.17, 15) is 9.59 Å². The molecule has 0 amide bonds. The zero-order valence-corrected chi connectivity index (χ0v) is 10.9. The van der Waals surface area contributed by atoms with Crippen molar-refractivity contribution in [3.05, 3.63) is 35.9 Å². The maximum atomic E-state index is 11.0.